The summed E-state index contributed by atoms with van der Waals surface area (Å²) in [6.45, 7) is 0. The van der Waals surface area contributed by atoms with Crippen LogP contribution in [-0.2, 0) is 17.6 Å². The number of carbonyl (C=O) groups is 1. The van der Waals surface area contributed by atoms with Crippen LogP contribution < -0.4 is 10.6 Å². The first-order valence-electron chi connectivity index (χ1n) is 5.00. The van der Waals surface area contributed by atoms with Gasteiger partial charge in [0.1, 0.15) is 5.54 Å². The molecule has 2 aliphatic rings. The number of thiocarbonyl (C=S) groups is 1. The minimum Gasteiger partial charge on any atom is -0.348 e. The molecule has 1 aliphatic carbocycles. The molecule has 1 fully saturated rings. The lowest BCUT2D eigenvalue weighted by molar-refractivity contribution is -0.123. The van der Waals surface area contributed by atoms with Crippen LogP contribution in [0.15, 0.2) is 18.2 Å². The zero-order chi connectivity index (χ0) is 11.3. The molecule has 1 atom stereocenters. The van der Waals surface area contributed by atoms with Gasteiger partial charge < -0.3 is 10.6 Å². The normalized spacial score (nSPS) is 26.8. The zero-order valence-electron chi connectivity index (χ0n) is 8.34. The number of nitrogens with one attached hydrogen (secondary N) is 2. The van der Waals surface area contributed by atoms with Crippen LogP contribution >= 0.6 is 23.8 Å². The fraction of sp³-hybridized carbons (Fsp3) is 0.273. The third kappa shape index (κ3) is 1.33. The van der Waals surface area contributed by atoms with Gasteiger partial charge >= 0.3 is 0 Å². The average molecular weight is 253 g/mol. The van der Waals surface area contributed by atoms with Gasteiger partial charge in [-0.15, -0.1) is 0 Å². The van der Waals surface area contributed by atoms with E-state index in [9.17, 15) is 4.79 Å². The summed E-state index contributed by atoms with van der Waals surface area (Å²) in [5, 5.41) is 6.85. The summed E-state index contributed by atoms with van der Waals surface area (Å²) in [6, 6.07) is 5.75. The third-order valence-corrected chi connectivity index (χ3v) is 3.61. The molecule has 3 nitrogen and oxygen atoms in total. The molecule has 5 heteroatoms. The van der Waals surface area contributed by atoms with Crippen molar-refractivity contribution >= 4 is 34.8 Å². The van der Waals surface area contributed by atoms with Crippen molar-refractivity contribution < 1.29 is 4.79 Å². The Morgan fingerprint density at radius 2 is 2.06 bits per heavy atom. The van der Waals surface area contributed by atoms with Crippen molar-refractivity contribution in [2.24, 2.45) is 0 Å². The maximum atomic E-state index is 11.9. The molecule has 1 aliphatic heterocycles. The first kappa shape index (κ1) is 10.1. The highest BCUT2D eigenvalue weighted by molar-refractivity contribution is 7.80. The predicted octanol–water partition coefficient (Wildman–Crippen LogP) is 1.18. The highest BCUT2D eigenvalue weighted by Gasteiger charge is 2.48. The monoisotopic (exact) mass is 252 g/mol. The van der Waals surface area contributed by atoms with Gasteiger partial charge in [-0.25, -0.2) is 0 Å². The van der Waals surface area contributed by atoms with Gasteiger partial charge in [-0.3, -0.25) is 4.79 Å². The van der Waals surface area contributed by atoms with Crippen LogP contribution in [0.2, 0.25) is 5.02 Å². The van der Waals surface area contributed by atoms with Crippen LogP contribution in [0.5, 0.6) is 0 Å². The lowest BCUT2D eigenvalue weighted by Crippen LogP contribution is -2.47. The summed E-state index contributed by atoms with van der Waals surface area (Å²) in [6.07, 6.45) is 1.32. The molecule has 1 spiro atoms. The first-order chi connectivity index (χ1) is 7.59. The highest BCUT2D eigenvalue weighted by atomic mass is 35.5. The molecule has 1 aromatic carbocycles. The van der Waals surface area contributed by atoms with E-state index in [1.807, 2.05) is 18.2 Å². The lowest BCUT2D eigenvalue weighted by atomic mass is 9.96. The van der Waals surface area contributed by atoms with E-state index in [2.05, 4.69) is 10.6 Å². The van der Waals surface area contributed by atoms with Crippen molar-refractivity contribution in [1.82, 2.24) is 10.6 Å². The molecule has 1 amide bonds. The third-order valence-electron chi connectivity index (χ3n) is 3.17. The fourth-order valence-corrected chi connectivity index (χ4v) is 2.90. The summed E-state index contributed by atoms with van der Waals surface area (Å²) >= 11 is 10.9. The molecule has 2 N–H and O–H groups in total. The number of carbonyl (C=O) groups excluding carboxylic acids is 1. The van der Waals surface area contributed by atoms with Crippen molar-refractivity contribution in [2.45, 2.75) is 18.4 Å². The number of benzene rings is 1. The number of amides is 1. The van der Waals surface area contributed by atoms with Gasteiger partial charge in [-0.1, -0.05) is 17.7 Å². The smallest absolute Gasteiger partial charge is 0.252 e. The molecule has 0 radical (unpaired) electrons. The predicted molar refractivity (Wildman–Crippen MR) is 65.5 cm³/mol. The van der Waals surface area contributed by atoms with Gasteiger partial charge in [0.2, 0.25) is 0 Å². The molecule has 0 bridgehead atoms. The molecule has 1 unspecified atom stereocenters. The van der Waals surface area contributed by atoms with Crippen LogP contribution in [0.25, 0.3) is 0 Å². The van der Waals surface area contributed by atoms with Crippen molar-refractivity contribution in [3.05, 3.63) is 34.3 Å². The van der Waals surface area contributed by atoms with Gasteiger partial charge in [0.25, 0.3) is 5.91 Å². The topological polar surface area (TPSA) is 41.1 Å². The summed E-state index contributed by atoms with van der Waals surface area (Å²) < 4.78 is 0. The van der Waals surface area contributed by atoms with Gasteiger partial charge in [-0.2, -0.15) is 0 Å². The van der Waals surface area contributed by atoms with E-state index >= 15 is 0 Å². The second-order valence-electron chi connectivity index (χ2n) is 4.26. The number of halogens is 1. The van der Waals surface area contributed by atoms with Crippen LogP contribution in [0.3, 0.4) is 0 Å². The van der Waals surface area contributed by atoms with Crippen molar-refractivity contribution in [3.63, 3.8) is 0 Å². The maximum absolute atomic E-state index is 11.9. The van der Waals surface area contributed by atoms with Gasteiger partial charge in [0.15, 0.2) is 5.11 Å². The number of fused-ring (bicyclic) bond motifs is 1. The number of rotatable bonds is 0. The summed E-state index contributed by atoms with van der Waals surface area (Å²) in [5.74, 6) is -0.0372. The average Bonchev–Trinajstić information content (AvgIpc) is 2.67. The molecule has 1 saturated heterocycles. The molecule has 16 heavy (non-hydrogen) atoms. The van der Waals surface area contributed by atoms with E-state index in [0.717, 1.165) is 11.1 Å². The van der Waals surface area contributed by atoms with E-state index < -0.39 is 5.54 Å². The van der Waals surface area contributed by atoms with Crippen molar-refractivity contribution in [2.75, 3.05) is 0 Å². The Labute approximate surface area is 103 Å². The first-order valence-corrected chi connectivity index (χ1v) is 5.79. The Morgan fingerprint density at radius 3 is 2.75 bits per heavy atom. The Balaban J connectivity index is 2.01. The van der Waals surface area contributed by atoms with E-state index in [1.165, 1.54) is 0 Å². The van der Waals surface area contributed by atoms with Crippen molar-refractivity contribution in [1.29, 1.82) is 0 Å². The summed E-state index contributed by atoms with van der Waals surface area (Å²) in [4.78, 5) is 11.9. The summed E-state index contributed by atoms with van der Waals surface area (Å²) in [7, 11) is 0. The van der Waals surface area contributed by atoms with Gasteiger partial charge in [-0.05, 0) is 35.5 Å². The molecule has 3 rings (SSSR count). The molecular formula is C11H9ClN2OS. The molecule has 0 saturated carbocycles. The Morgan fingerprint density at radius 1 is 1.31 bits per heavy atom. The van der Waals surface area contributed by atoms with E-state index in [0.29, 0.717) is 23.0 Å². The molecular weight excluding hydrogens is 244 g/mol. The lowest BCUT2D eigenvalue weighted by Gasteiger charge is -2.18. The molecule has 1 aromatic rings. The van der Waals surface area contributed by atoms with Crippen LogP contribution in [0, 0.1) is 0 Å². The number of hydrogen-bond donors (Lipinski definition) is 2. The van der Waals surface area contributed by atoms with Crippen LogP contribution in [0.4, 0.5) is 0 Å². The van der Waals surface area contributed by atoms with Gasteiger partial charge in [0.05, 0.1) is 0 Å². The number of hydrogen-bond acceptors (Lipinski definition) is 2. The SMILES string of the molecule is O=C1NC(=S)NC12Cc1ccc(Cl)cc1C2. The minimum absolute atomic E-state index is 0.0372. The second kappa shape index (κ2) is 3.18. The highest BCUT2D eigenvalue weighted by Crippen LogP contribution is 2.33. The van der Waals surface area contributed by atoms with Crippen LogP contribution in [-0.4, -0.2) is 16.6 Å². The Hall–Kier alpha value is -1.13. The molecule has 0 aromatic heterocycles. The standard InChI is InChI=1S/C11H9ClN2OS/c12-8-2-1-6-4-11(5-7(6)3-8)9(15)13-10(16)14-11/h1-3H,4-5H2,(H2,13,14,15,16). The Bertz CT molecular complexity index is 517. The largest absolute Gasteiger partial charge is 0.348 e. The van der Waals surface area contributed by atoms with E-state index in [4.69, 9.17) is 23.8 Å². The zero-order valence-corrected chi connectivity index (χ0v) is 9.91. The molecule has 1 heterocycles. The van der Waals surface area contributed by atoms with Crippen LogP contribution in [0.1, 0.15) is 11.1 Å². The maximum Gasteiger partial charge on any atom is 0.252 e. The van der Waals surface area contributed by atoms with E-state index in [-0.39, 0.29) is 5.91 Å². The minimum atomic E-state index is -0.579. The summed E-state index contributed by atoms with van der Waals surface area (Å²) in [5.41, 5.74) is 1.71. The fourth-order valence-electron chi connectivity index (χ4n) is 2.42. The quantitative estimate of drug-likeness (QED) is 0.682. The van der Waals surface area contributed by atoms with Gasteiger partial charge in [0, 0.05) is 17.9 Å². The van der Waals surface area contributed by atoms with E-state index in [1.54, 1.807) is 0 Å². The second-order valence-corrected chi connectivity index (χ2v) is 5.10. The Kier molecular flexibility index (Phi) is 2.00. The van der Waals surface area contributed by atoms with Crippen molar-refractivity contribution in [3.8, 4) is 0 Å². The molecule has 82 valence electrons.